The fourth-order valence-electron chi connectivity index (χ4n) is 0.393. The fraction of sp³-hybridized carbons (Fsp3) is 0.200. The molecular weight excluding hydrogens is 148 g/mol. The van der Waals surface area contributed by atoms with Crippen LogP contribution in [0.2, 0.25) is 0 Å². The van der Waals surface area contributed by atoms with E-state index in [-0.39, 0.29) is 48.3 Å². The molecule has 30 valence electrons. The molecule has 1 rings (SSSR count). The summed E-state index contributed by atoms with van der Waals surface area (Å²) in [6, 6.07) is 0. The minimum Gasteiger partial charge on any atom is -1.00 e. The van der Waals surface area contributed by atoms with Crippen LogP contribution in [0.4, 0.5) is 0 Å². The maximum absolute atomic E-state index is 2.12. The van der Waals surface area contributed by atoms with Crippen molar-refractivity contribution >= 4 is 45.5 Å². The van der Waals surface area contributed by atoms with Crippen LogP contribution in [0.5, 0.6) is 0 Å². The van der Waals surface area contributed by atoms with Gasteiger partial charge >= 0.3 is 45.5 Å². The molecule has 1 aliphatic carbocycles. The van der Waals surface area contributed by atoms with Crippen molar-refractivity contribution in [3.05, 3.63) is 24.3 Å². The van der Waals surface area contributed by atoms with Crippen molar-refractivity contribution in [1.29, 1.82) is 0 Å². The molecule has 0 unspecified atom stereocenters. The van der Waals surface area contributed by atoms with E-state index in [1.54, 1.807) is 0 Å². The molecule has 0 aromatic rings. The van der Waals surface area contributed by atoms with Crippen molar-refractivity contribution < 1.29 is 2.85 Å². The molecule has 1 aliphatic rings. The Balaban J connectivity index is -0.0000000833. The van der Waals surface area contributed by atoms with E-state index >= 15 is 0 Å². The molecule has 6 heavy (non-hydrogen) atoms. The van der Waals surface area contributed by atoms with Crippen LogP contribution in [0.1, 0.15) is 9.27 Å². The van der Waals surface area contributed by atoms with E-state index < -0.39 is 0 Å². The van der Waals surface area contributed by atoms with E-state index in [1.165, 1.54) is 0 Å². The van der Waals surface area contributed by atoms with Gasteiger partial charge in [0, 0.05) is 0 Å². The molecule has 0 aromatic heterocycles. The van der Waals surface area contributed by atoms with E-state index in [0.717, 1.165) is 6.42 Å². The molecule has 0 radical (unpaired) electrons. The second kappa shape index (κ2) is 4.13. The molecule has 0 bridgehead atoms. The normalized spacial score (nSPS) is 14.7. The zero-order valence-corrected chi connectivity index (χ0v) is 7.20. The molecule has 0 saturated heterocycles. The summed E-state index contributed by atoms with van der Waals surface area (Å²) in [6.07, 6.45) is 9.50. The summed E-state index contributed by atoms with van der Waals surface area (Å²) in [4.78, 5) is 0. The van der Waals surface area contributed by atoms with Crippen LogP contribution < -0.4 is 0 Å². The monoisotopic (exact) mass is 156 g/mol. The van der Waals surface area contributed by atoms with E-state index in [0.29, 0.717) is 0 Å². The van der Waals surface area contributed by atoms with Gasteiger partial charge in [0.05, 0.1) is 0 Å². The van der Waals surface area contributed by atoms with Gasteiger partial charge in [-0.05, 0) is 6.42 Å². The van der Waals surface area contributed by atoms with Crippen LogP contribution in [0.25, 0.3) is 0 Å². The standard InChI is InChI=1S/C5H6.Sr.2H/c1-2-4-5-3-1;;;/h1-4H,5H2;;;/q;+2;2*-1. The second-order valence-electron chi connectivity index (χ2n) is 1.09. The third-order valence-electron chi connectivity index (χ3n) is 0.655. The van der Waals surface area contributed by atoms with E-state index in [9.17, 15) is 0 Å². The Morgan fingerprint density at radius 2 is 1.67 bits per heavy atom. The smallest absolute Gasteiger partial charge is 1.00 e. The topological polar surface area (TPSA) is 0 Å². The summed E-state index contributed by atoms with van der Waals surface area (Å²) in [5, 5.41) is 0. The fourth-order valence-corrected chi connectivity index (χ4v) is 0.393. The molecule has 0 spiro atoms. The predicted molar refractivity (Wildman–Crippen MR) is 30.9 cm³/mol. The Morgan fingerprint density at radius 1 is 1.17 bits per heavy atom. The van der Waals surface area contributed by atoms with E-state index in [2.05, 4.69) is 24.3 Å². The SMILES string of the molecule is C1=CCC=C1.[H-].[H-].[Sr+2]. The third-order valence-corrected chi connectivity index (χ3v) is 0.655. The van der Waals surface area contributed by atoms with Crippen LogP contribution in [-0.2, 0) is 0 Å². The first-order valence-corrected chi connectivity index (χ1v) is 1.82. The Hall–Kier alpha value is 0.961. The van der Waals surface area contributed by atoms with Gasteiger partial charge in [0.15, 0.2) is 0 Å². The van der Waals surface area contributed by atoms with Gasteiger partial charge in [-0.15, -0.1) is 0 Å². The van der Waals surface area contributed by atoms with Gasteiger partial charge in [-0.1, -0.05) is 24.3 Å². The zero-order chi connectivity index (χ0) is 3.54. The van der Waals surface area contributed by atoms with E-state index in [1.807, 2.05) is 0 Å². The van der Waals surface area contributed by atoms with Gasteiger partial charge in [0.1, 0.15) is 0 Å². The van der Waals surface area contributed by atoms with Gasteiger partial charge in [0.25, 0.3) is 0 Å². The molecule has 0 saturated carbocycles. The van der Waals surface area contributed by atoms with Crippen molar-refractivity contribution in [3.8, 4) is 0 Å². The van der Waals surface area contributed by atoms with Crippen molar-refractivity contribution in [3.63, 3.8) is 0 Å². The first kappa shape index (κ1) is 6.96. The minimum absolute atomic E-state index is 0. The molecule has 0 nitrogen and oxygen atoms in total. The molecule has 0 amide bonds. The molecule has 0 atom stereocenters. The molecule has 0 fully saturated rings. The van der Waals surface area contributed by atoms with Gasteiger partial charge in [-0.3, -0.25) is 0 Å². The van der Waals surface area contributed by atoms with Gasteiger partial charge in [-0.25, -0.2) is 0 Å². The predicted octanol–water partition coefficient (Wildman–Crippen LogP) is 1.35. The van der Waals surface area contributed by atoms with Gasteiger partial charge < -0.3 is 2.85 Å². The number of rotatable bonds is 0. The first-order valence-electron chi connectivity index (χ1n) is 1.82. The van der Waals surface area contributed by atoms with Crippen LogP contribution in [-0.4, -0.2) is 45.5 Å². The Kier molecular flexibility index (Phi) is 4.79. The summed E-state index contributed by atoms with van der Waals surface area (Å²) in [6.45, 7) is 0. The van der Waals surface area contributed by atoms with E-state index in [4.69, 9.17) is 0 Å². The average Bonchev–Trinajstić information content (AvgIpc) is 1.76. The van der Waals surface area contributed by atoms with Crippen LogP contribution in [0, 0.1) is 0 Å². The summed E-state index contributed by atoms with van der Waals surface area (Å²) >= 11 is 0. The van der Waals surface area contributed by atoms with Crippen LogP contribution in [0.3, 0.4) is 0 Å². The van der Waals surface area contributed by atoms with Crippen molar-refractivity contribution in [2.24, 2.45) is 0 Å². The van der Waals surface area contributed by atoms with Crippen LogP contribution in [0.15, 0.2) is 24.3 Å². The molecule has 1 heteroatoms. The van der Waals surface area contributed by atoms with Crippen molar-refractivity contribution in [2.45, 2.75) is 6.42 Å². The summed E-state index contributed by atoms with van der Waals surface area (Å²) in [7, 11) is 0. The summed E-state index contributed by atoms with van der Waals surface area (Å²) < 4.78 is 0. The van der Waals surface area contributed by atoms with Gasteiger partial charge in [0.2, 0.25) is 0 Å². The maximum atomic E-state index is 2.12. The molecule has 0 aliphatic heterocycles. The molecular formula is C5H8Sr. The largest absolute Gasteiger partial charge is 2.00 e. The zero-order valence-electron chi connectivity index (χ0n) is 5.72. The number of allylic oxidation sites excluding steroid dienone is 4. The minimum atomic E-state index is 0. The average molecular weight is 156 g/mol. The number of hydrogen-bond donors (Lipinski definition) is 0. The Bertz CT molecular complexity index is 68.5. The van der Waals surface area contributed by atoms with Crippen molar-refractivity contribution in [1.82, 2.24) is 0 Å². The second-order valence-corrected chi connectivity index (χ2v) is 1.09. The first-order chi connectivity index (χ1) is 2.50. The quantitative estimate of drug-likeness (QED) is 0.464. The number of hydrogen-bond acceptors (Lipinski definition) is 0. The van der Waals surface area contributed by atoms with Crippen LogP contribution >= 0.6 is 0 Å². The molecule has 0 N–H and O–H groups in total. The summed E-state index contributed by atoms with van der Waals surface area (Å²) in [5.41, 5.74) is 0. The summed E-state index contributed by atoms with van der Waals surface area (Å²) in [5.74, 6) is 0. The maximum Gasteiger partial charge on any atom is 2.00 e. The Labute approximate surface area is 78.2 Å². The molecule has 0 aromatic carbocycles. The van der Waals surface area contributed by atoms with Gasteiger partial charge in [-0.2, -0.15) is 0 Å². The molecule has 0 heterocycles. The van der Waals surface area contributed by atoms with Crippen molar-refractivity contribution in [2.75, 3.05) is 0 Å². The third kappa shape index (κ3) is 2.19. The Morgan fingerprint density at radius 3 is 1.83 bits per heavy atom.